The molecule has 3 fully saturated rings. The van der Waals surface area contributed by atoms with Crippen molar-refractivity contribution < 1.29 is 13.9 Å². The van der Waals surface area contributed by atoms with Gasteiger partial charge >= 0.3 is 0 Å². The van der Waals surface area contributed by atoms with Crippen LogP contribution in [0.5, 0.6) is 0 Å². The highest BCUT2D eigenvalue weighted by Gasteiger charge is 2.24. The van der Waals surface area contributed by atoms with Crippen LogP contribution in [-0.4, -0.2) is 43.7 Å². The van der Waals surface area contributed by atoms with Crippen LogP contribution in [0.1, 0.15) is 69.3 Å². The fraction of sp³-hybridized carbons (Fsp3) is 0.654. The van der Waals surface area contributed by atoms with Gasteiger partial charge in [-0.25, -0.2) is 0 Å². The number of likely N-dealkylation sites (tertiary alicyclic amines) is 1. The number of benzene rings is 1. The maximum atomic E-state index is 10.3. The van der Waals surface area contributed by atoms with Crippen molar-refractivity contribution in [2.24, 2.45) is 17.6 Å². The number of para-hydroxylation sites is 1. The number of carbonyl (C=O) groups is 1. The van der Waals surface area contributed by atoms with E-state index < -0.39 is 0 Å². The van der Waals surface area contributed by atoms with Gasteiger partial charge in [-0.1, -0.05) is 50.3 Å². The first kappa shape index (κ1) is 22.3. The first-order chi connectivity index (χ1) is 15.2. The highest BCUT2D eigenvalue weighted by Crippen LogP contribution is 2.34. The Kier molecular flexibility index (Phi) is 8.03. The summed E-state index contributed by atoms with van der Waals surface area (Å²) in [6.07, 6.45) is 14.2. The number of ether oxygens (including phenoxy) is 1. The molecule has 3 aliphatic rings. The van der Waals surface area contributed by atoms with Gasteiger partial charge in [0.25, 0.3) is 0 Å². The normalized spacial score (nSPS) is 23.5. The first-order valence-electron chi connectivity index (χ1n) is 12.3. The molecule has 31 heavy (non-hydrogen) atoms. The van der Waals surface area contributed by atoms with Gasteiger partial charge < -0.3 is 19.8 Å². The van der Waals surface area contributed by atoms with E-state index in [2.05, 4.69) is 29.2 Å². The molecule has 2 aromatic rings. The number of primary amides is 1. The van der Waals surface area contributed by atoms with Crippen LogP contribution in [0.3, 0.4) is 0 Å². The SMILES string of the molecule is NC(=O)C1CCOC1.c1ccc2c(C3CCN(CCC4CCCCC4)CC3)coc2c1. The Bertz CT molecular complexity index is 813. The molecule has 1 aliphatic carbocycles. The van der Waals surface area contributed by atoms with Crippen molar-refractivity contribution in [3.63, 3.8) is 0 Å². The Balaban J connectivity index is 0.000000245. The second-order valence-corrected chi connectivity index (χ2v) is 9.56. The molecule has 2 saturated heterocycles. The summed E-state index contributed by atoms with van der Waals surface area (Å²) in [7, 11) is 0. The van der Waals surface area contributed by atoms with Crippen LogP contribution in [0.4, 0.5) is 0 Å². The summed E-state index contributed by atoms with van der Waals surface area (Å²) < 4.78 is 10.7. The number of piperidine rings is 1. The Labute approximate surface area is 186 Å². The van der Waals surface area contributed by atoms with Crippen molar-refractivity contribution in [2.75, 3.05) is 32.8 Å². The Hall–Kier alpha value is -1.85. The monoisotopic (exact) mass is 426 g/mol. The molecule has 5 heteroatoms. The highest BCUT2D eigenvalue weighted by molar-refractivity contribution is 5.81. The minimum atomic E-state index is -0.234. The van der Waals surface area contributed by atoms with E-state index in [1.807, 2.05) is 6.26 Å². The molecule has 1 aromatic carbocycles. The Morgan fingerprint density at radius 1 is 1.03 bits per heavy atom. The van der Waals surface area contributed by atoms with Crippen molar-refractivity contribution in [1.82, 2.24) is 4.90 Å². The topological polar surface area (TPSA) is 68.7 Å². The summed E-state index contributed by atoms with van der Waals surface area (Å²) in [5.74, 6) is 1.45. The molecule has 2 N–H and O–H groups in total. The summed E-state index contributed by atoms with van der Waals surface area (Å²) in [6, 6.07) is 8.48. The Morgan fingerprint density at radius 2 is 1.81 bits per heavy atom. The Morgan fingerprint density at radius 3 is 2.48 bits per heavy atom. The van der Waals surface area contributed by atoms with E-state index >= 15 is 0 Å². The third-order valence-electron chi connectivity index (χ3n) is 7.45. The van der Waals surface area contributed by atoms with Crippen LogP contribution in [0.15, 0.2) is 34.9 Å². The van der Waals surface area contributed by atoms with E-state index in [1.165, 1.54) is 82.0 Å². The predicted octanol–water partition coefficient (Wildman–Crippen LogP) is 5.09. The fourth-order valence-electron chi connectivity index (χ4n) is 5.38. The van der Waals surface area contributed by atoms with Crippen molar-refractivity contribution in [3.8, 4) is 0 Å². The molecular weight excluding hydrogens is 388 g/mol. The third-order valence-corrected chi connectivity index (χ3v) is 7.45. The molecule has 1 amide bonds. The minimum absolute atomic E-state index is 0.0185. The molecule has 0 spiro atoms. The van der Waals surface area contributed by atoms with Gasteiger partial charge in [0, 0.05) is 17.6 Å². The summed E-state index contributed by atoms with van der Waals surface area (Å²) in [6.45, 7) is 5.06. The zero-order valence-electron chi connectivity index (χ0n) is 18.8. The van der Waals surface area contributed by atoms with E-state index in [-0.39, 0.29) is 11.8 Å². The van der Waals surface area contributed by atoms with Crippen molar-refractivity contribution in [3.05, 3.63) is 36.1 Å². The molecule has 2 aliphatic heterocycles. The van der Waals surface area contributed by atoms with Gasteiger partial charge in [-0.2, -0.15) is 0 Å². The summed E-state index contributed by atoms with van der Waals surface area (Å²) >= 11 is 0. The largest absolute Gasteiger partial charge is 0.464 e. The summed E-state index contributed by atoms with van der Waals surface area (Å²) in [5.41, 5.74) is 7.46. The smallest absolute Gasteiger partial charge is 0.222 e. The van der Waals surface area contributed by atoms with Gasteiger partial charge in [-0.3, -0.25) is 4.79 Å². The predicted molar refractivity (Wildman–Crippen MR) is 124 cm³/mol. The summed E-state index contributed by atoms with van der Waals surface area (Å²) in [4.78, 5) is 13.0. The number of amides is 1. The molecule has 5 rings (SSSR count). The number of carbonyl (C=O) groups excluding carboxylic acids is 1. The number of nitrogens with two attached hydrogens (primary N) is 1. The lowest BCUT2D eigenvalue weighted by atomic mass is 9.86. The highest BCUT2D eigenvalue weighted by atomic mass is 16.5. The van der Waals surface area contributed by atoms with Crippen LogP contribution < -0.4 is 5.73 Å². The van der Waals surface area contributed by atoms with Crippen LogP contribution in [0, 0.1) is 11.8 Å². The minimum Gasteiger partial charge on any atom is -0.464 e. The summed E-state index contributed by atoms with van der Waals surface area (Å²) in [5, 5.41) is 1.33. The van der Waals surface area contributed by atoms with Gasteiger partial charge in [-0.15, -0.1) is 0 Å². The maximum absolute atomic E-state index is 10.3. The van der Waals surface area contributed by atoms with Crippen LogP contribution in [-0.2, 0) is 9.53 Å². The molecule has 3 heterocycles. The first-order valence-corrected chi connectivity index (χ1v) is 12.3. The zero-order valence-corrected chi connectivity index (χ0v) is 18.8. The van der Waals surface area contributed by atoms with Gasteiger partial charge in [-0.05, 0) is 63.2 Å². The van der Waals surface area contributed by atoms with E-state index in [4.69, 9.17) is 14.9 Å². The van der Waals surface area contributed by atoms with E-state index in [0.717, 1.165) is 17.9 Å². The lowest BCUT2D eigenvalue weighted by Crippen LogP contribution is -2.34. The van der Waals surface area contributed by atoms with E-state index in [9.17, 15) is 4.79 Å². The van der Waals surface area contributed by atoms with E-state index in [0.29, 0.717) is 19.1 Å². The second kappa shape index (κ2) is 11.1. The van der Waals surface area contributed by atoms with Gasteiger partial charge in [0.05, 0.1) is 18.8 Å². The van der Waals surface area contributed by atoms with Gasteiger partial charge in [0.15, 0.2) is 0 Å². The fourth-order valence-corrected chi connectivity index (χ4v) is 5.38. The average Bonchev–Trinajstić information content (AvgIpc) is 3.50. The standard InChI is InChI=1S/C21H29NO.C5H9NO2/c1-2-6-17(7-3-1)10-13-22-14-11-18(12-15-22)20-16-23-21-9-5-4-8-19(20)21;6-5(7)4-1-2-8-3-4/h4-5,8-9,16-18H,1-3,6-7,10-15H2;4H,1-3H2,(H2,6,7). The number of hydrogen-bond donors (Lipinski definition) is 1. The maximum Gasteiger partial charge on any atom is 0.222 e. The van der Waals surface area contributed by atoms with Crippen molar-refractivity contribution >= 4 is 16.9 Å². The molecule has 1 aromatic heterocycles. The number of rotatable bonds is 5. The third kappa shape index (κ3) is 6.11. The van der Waals surface area contributed by atoms with Gasteiger partial charge in [0.2, 0.25) is 5.91 Å². The van der Waals surface area contributed by atoms with Crippen LogP contribution in [0.2, 0.25) is 0 Å². The number of furan rings is 1. The van der Waals surface area contributed by atoms with Crippen LogP contribution in [0.25, 0.3) is 11.0 Å². The average molecular weight is 427 g/mol. The van der Waals surface area contributed by atoms with Crippen LogP contribution >= 0.6 is 0 Å². The number of nitrogens with zero attached hydrogens (tertiary/aromatic N) is 1. The molecule has 1 unspecified atom stereocenters. The molecule has 1 saturated carbocycles. The van der Waals surface area contributed by atoms with E-state index in [1.54, 1.807) is 0 Å². The molecule has 1 atom stereocenters. The molecular formula is C26H38N2O3. The molecule has 0 bridgehead atoms. The zero-order chi connectivity index (χ0) is 21.5. The quantitative estimate of drug-likeness (QED) is 0.723. The lowest BCUT2D eigenvalue weighted by Gasteiger charge is -2.33. The number of fused-ring (bicyclic) bond motifs is 1. The van der Waals surface area contributed by atoms with Crippen molar-refractivity contribution in [2.45, 2.75) is 63.7 Å². The van der Waals surface area contributed by atoms with Crippen molar-refractivity contribution in [1.29, 1.82) is 0 Å². The lowest BCUT2D eigenvalue weighted by molar-refractivity contribution is -0.121. The molecule has 170 valence electrons. The molecule has 0 radical (unpaired) electrons. The number of hydrogen-bond acceptors (Lipinski definition) is 4. The molecule has 5 nitrogen and oxygen atoms in total. The second-order valence-electron chi connectivity index (χ2n) is 9.56. The van der Waals surface area contributed by atoms with Gasteiger partial charge in [0.1, 0.15) is 5.58 Å².